The Balaban J connectivity index is 1.36. The van der Waals surface area contributed by atoms with Crippen molar-refractivity contribution in [2.45, 2.75) is 51.9 Å². The van der Waals surface area contributed by atoms with Gasteiger partial charge in [0, 0.05) is 29.6 Å². The minimum Gasteiger partial charge on any atom is -0.341 e. The van der Waals surface area contributed by atoms with Gasteiger partial charge in [0.1, 0.15) is 23.4 Å². The van der Waals surface area contributed by atoms with Crippen LogP contribution in [0.2, 0.25) is 0 Å². The lowest BCUT2D eigenvalue weighted by atomic mass is 9.96. The maximum Gasteiger partial charge on any atom is 0.224 e. The monoisotopic (exact) mass is 455 g/mol. The highest BCUT2D eigenvalue weighted by molar-refractivity contribution is 5.93. The molecule has 0 aliphatic heterocycles. The standard InChI is InChI=1S/C26H29N7O/c1-17-10-11-19(32-22(34)13-18-7-4-2-3-5-8-18)14-21(17)33-25-20(9-6-12-27-25)23-24-26(30-15-28-23)31-16-29-24/h6,9-12,14-16,18H,2-5,7-8,13H2,1H3,(H,27,33)(H,32,34)(H,28,29,30,31). The number of aromatic amines is 1. The number of carbonyl (C=O) groups is 1. The number of fused-ring (bicyclic) bond motifs is 1. The smallest absolute Gasteiger partial charge is 0.224 e. The fourth-order valence-corrected chi connectivity index (χ4v) is 4.67. The summed E-state index contributed by atoms with van der Waals surface area (Å²) in [5.41, 5.74) is 5.63. The quantitative estimate of drug-likeness (QED) is 0.319. The number of pyridine rings is 1. The van der Waals surface area contributed by atoms with E-state index in [2.05, 4.69) is 35.6 Å². The van der Waals surface area contributed by atoms with Crippen LogP contribution in [0.3, 0.4) is 0 Å². The molecule has 8 heteroatoms. The number of benzene rings is 1. The SMILES string of the molecule is Cc1ccc(NC(=O)CC2CCCCCC2)cc1Nc1ncccc1-c1ncnc2nc[nH]c12. The van der Waals surface area contributed by atoms with E-state index in [-0.39, 0.29) is 5.91 Å². The van der Waals surface area contributed by atoms with Crippen LogP contribution in [0.4, 0.5) is 17.2 Å². The molecule has 0 atom stereocenters. The number of aryl methyl sites for hydroxylation is 1. The molecule has 5 rings (SSSR count). The van der Waals surface area contributed by atoms with Crippen LogP contribution in [-0.2, 0) is 4.79 Å². The van der Waals surface area contributed by atoms with Crippen LogP contribution in [-0.4, -0.2) is 30.8 Å². The van der Waals surface area contributed by atoms with Gasteiger partial charge < -0.3 is 15.6 Å². The first kappa shape index (κ1) is 22.0. The van der Waals surface area contributed by atoms with Crippen molar-refractivity contribution in [3.05, 3.63) is 54.7 Å². The molecule has 174 valence electrons. The van der Waals surface area contributed by atoms with Crippen LogP contribution in [0.25, 0.3) is 22.4 Å². The van der Waals surface area contributed by atoms with Gasteiger partial charge in [-0.05, 0) is 55.5 Å². The van der Waals surface area contributed by atoms with Gasteiger partial charge in [-0.3, -0.25) is 4.79 Å². The predicted molar refractivity (Wildman–Crippen MR) is 134 cm³/mol. The van der Waals surface area contributed by atoms with E-state index >= 15 is 0 Å². The van der Waals surface area contributed by atoms with Gasteiger partial charge in [-0.1, -0.05) is 31.7 Å². The van der Waals surface area contributed by atoms with Crippen molar-refractivity contribution in [1.29, 1.82) is 0 Å². The van der Waals surface area contributed by atoms with Gasteiger partial charge >= 0.3 is 0 Å². The fourth-order valence-electron chi connectivity index (χ4n) is 4.67. The van der Waals surface area contributed by atoms with Gasteiger partial charge in [-0.25, -0.2) is 19.9 Å². The number of hydrogen-bond acceptors (Lipinski definition) is 6. The van der Waals surface area contributed by atoms with E-state index in [9.17, 15) is 4.79 Å². The second-order valence-corrected chi connectivity index (χ2v) is 8.99. The number of H-pyrrole nitrogens is 1. The van der Waals surface area contributed by atoms with Crippen molar-refractivity contribution >= 4 is 34.3 Å². The Morgan fingerprint density at radius 3 is 2.76 bits per heavy atom. The molecule has 34 heavy (non-hydrogen) atoms. The molecule has 4 aromatic rings. The summed E-state index contributed by atoms with van der Waals surface area (Å²) in [7, 11) is 0. The molecule has 1 amide bonds. The molecule has 1 aliphatic rings. The molecule has 0 bridgehead atoms. The highest BCUT2D eigenvalue weighted by Gasteiger charge is 2.17. The zero-order valence-electron chi connectivity index (χ0n) is 19.3. The number of anilines is 3. The zero-order valence-corrected chi connectivity index (χ0v) is 19.3. The van der Waals surface area contributed by atoms with Gasteiger partial charge in [-0.15, -0.1) is 0 Å². The largest absolute Gasteiger partial charge is 0.341 e. The van der Waals surface area contributed by atoms with Crippen LogP contribution in [0.1, 0.15) is 50.5 Å². The highest BCUT2D eigenvalue weighted by atomic mass is 16.1. The van der Waals surface area contributed by atoms with Crippen molar-refractivity contribution in [2.75, 3.05) is 10.6 Å². The van der Waals surface area contributed by atoms with Crippen molar-refractivity contribution in [1.82, 2.24) is 24.9 Å². The lowest BCUT2D eigenvalue weighted by molar-refractivity contribution is -0.117. The molecule has 3 aromatic heterocycles. The summed E-state index contributed by atoms with van der Waals surface area (Å²) in [5.74, 6) is 1.25. The Hall–Kier alpha value is -3.81. The van der Waals surface area contributed by atoms with Crippen LogP contribution in [0.5, 0.6) is 0 Å². The summed E-state index contributed by atoms with van der Waals surface area (Å²) in [4.78, 5) is 33.3. The first-order valence-electron chi connectivity index (χ1n) is 11.9. The topological polar surface area (TPSA) is 108 Å². The Kier molecular flexibility index (Phi) is 6.46. The second kappa shape index (κ2) is 9.99. The Morgan fingerprint density at radius 2 is 1.91 bits per heavy atom. The summed E-state index contributed by atoms with van der Waals surface area (Å²) in [6, 6.07) is 9.76. The average molecular weight is 456 g/mol. The molecular weight excluding hydrogens is 426 g/mol. The third kappa shape index (κ3) is 4.90. The molecule has 1 aliphatic carbocycles. The van der Waals surface area contributed by atoms with Gasteiger partial charge in [0.2, 0.25) is 5.91 Å². The van der Waals surface area contributed by atoms with Crippen molar-refractivity contribution < 1.29 is 4.79 Å². The zero-order chi connectivity index (χ0) is 23.3. The molecule has 0 spiro atoms. The maximum absolute atomic E-state index is 12.7. The van der Waals surface area contributed by atoms with Gasteiger partial charge in [0.05, 0.1) is 6.33 Å². The third-order valence-corrected chi connectivity index (χ3v) is 6.51. The summed E-state index contributed by atoms with van der Waals surface area (Å²) in [6.45, 7) is 2.03. The van der Waals surface area contributed by atoms with E-state index in [1.165, 1.54) is 32.0 Å². The maximum atomic E-state index is 12.7. The number of rotatable bonds is 6. The number of nitrogens with zero attached hydrogens (tertiary/aromatic N) is 4. The summed E-state index contributed by atoms with van der Waals surface area (Å²) in [5, 5.41) is 6.54. The minimum absolute atomic E-state index is 0.0860. The summed E-state index contributed by atoms with van der Waals surface area (Å²) < 4.78 is 0. The molecule has 1 fully saturated rings. The first-order chi connectivity index (χ1) is 16.7. The van der Waals surface area contributed by atoms with Gasteiger partial charge in [0.15, 0.2) is 5.65 Å². The summed E-state index contributed by atoms with van der Waals surface area (Å²) >= 11 is 0. The molecule has 0 unspecified atom stereocenters. The van der Waals surface area contributed by atoms with Gasteiger partial charge in [-0.2, -0.15) is 0 Å². The lowest BCUT2D eigenvalue weighted by Crippen LogP contribution is -2.16. The van der Waals surface area contributed by atoms with Crippen LogP contribution in [0.15, 0.2) is 49.2 Å². The Bertz CT molecular complexity index is 1290. The molecule has 0 saturated heterocycles. The molecule has 0 radical (unpaired) electrons. The van der Waals surface area contributed by atoms with E-state index in [0.29, 0.717) is 23.8 Å². The van der Waals surface area contributed by atoms with Crippen LogP contribution in [0, 0.1) is 12.8 Å². The van der Waals surface area contributed by atoms with Crippen LogP contribution >= 0.6 is 0 Å². The normalized spacial score (nSPS) is 14.6. The van der Waals surface area contributed by atoms with Crippen LogP contribution < -0.4 is 10.6 Å². The molecule has 1 aromatic carbocycles. The first-order valence-corrected chi connectivity index (χ1v) is 11.9. The van der Waals surface area contributed by atoms with E-state index in [4.69, 9.17) is 0 Å². The Labute approximate surface area is 198 Å². The number of carbonyl (C=O) groups excluding carboxylic acids is 1. The lowest BCUT2D eigenvalue weighted by Gasteiger charge is -2.16. The van der Waals surface area contributed by atoms with E-state index in [1.807, 2.05) is 37.3 Å². The number of imidazole rings is 1. The Morgan fingerprint density at radius 1 is 1.06 bits per heavy atom. The van der Waals surface area contributed by atoms with E-state index < -0.39 is 0 Å². The average Bonchev–Trinajstić information content (AvgIpc) is 3.19. The minimum atomic E-state index is 0.0860. The van der Waals surface area contributed by atoms with E-state index in [1.54, 1.807) is 12.5 Å². The number of amides is 1. The second-order valence-electron chi connectivity index (χ2n) is 8.99. The number of hydrogen-bond donors (Lipinski definition) is 3. The third-order valence-electron chi connectivity index (χ3n) is 6.51. The summed E-state index contributed by atoms with van der Waals surface area (Å²) in [6.07, 6.45) is 12.8. The van der Waals surface area contributed by atoms with Gasteiger partial charge in [0.25, 0.3) is 0 Å². The molecule has 8 nitrogen and oxygen atoms in total. The molecule has 3 N–H and O–H groups in total. The molecule has 3 heterocycles. The van der Waals surface area contributed by atoms with Crippen molar-refractivity contribution in [2.24, 2.45) is 5.92 Å². The number of aromatic nitrogens is 5. The number of nitrogens with one attached hydrogen (secondary N) is 3. The van der Waals surface area contributed by atoms with E-state index in [0.717, 1.165) is 46.6 Å². The fraction of sp³-hybridized carbons (Fsp3) is 0.346. The van der Waals surface area contributed by atoms with Crippen molar-refractivity contribution in [3.8, 4) is 11.3 Å². The molecule has 1 saturated carbocycles. The predicted octanol–water partition coefficient (Wildman–Crippen LogP) is 5.77. The van der Waals surface area contributed by atoms with Crippen molar-refractivity contribution in [3.63, 3.8) is 0 Å². The molecular formula is C26H29N7O. The highest BCUT2D eigenvalue weighted by Crippen LogP contribution is 2.32.